The molecule has 14 heavy (non-hydrogen) atoms. The van der Waals surface area contributed by atoms with Crippen molar-refractivity contribution in [3.05, 3.63) is 24.2 Å². The molecule has 1 aromatic rings. The van der Waals surface area contributed by atoms with Gasteiger partial charge in [0.05, 0.1) is 18.4 Å². The first-order chi connectivity index (χ1) is 6.79. The molecule has 0 aromatic carbocycles. The van der Waals surface area contributed by atoms with Crippen LogP contribution in [0.4, 0.5) is 0 Å². The van der Waals surface area contributed by atoms with Gasteiger partial charge in [-0.2, -0.15) is 0 Å². The summed E-state index contributed by atoms with van der Waals surface area (Å²) >= 11 is 0. The Morgan fingerprint density at radius 2 is 2.21 bits per heavy atom. The van der Waals surface area contributed by atoms with E-state index in [-0.39, 0.29) is 0 Å². The number of hydrogen-bond donors (Lipinski definition) is 2. The molecule has 1 aromatic heterocycles. The lowest BCUT2D eigenvalue weighted by molar-refractivity contribution is 0.0471. The molecular formula is C11H17NO2. The Hall–Kier alpha value is -0.800. The van der Waals surface area contributed by atoms with E-state index < -0.39 is 5.60 Å². The smallest absolute Gasteiger partial charge is 0.117 e. The summed E-state index contributed by atoms with van der Waals surface area (Å²) in [6, 6.07) is 3.81. The molecule has 78 valence electrons. The van der Waals surface area contributed by atoms with E-state index in [1.54, 1.807) is 6.26 Å². The van der Waals surface area contributed by atoms with Crippen molar-refractivity contribution in [1.82, 2.24) is 5.32 Å². The van der Waals surface area contributed by atoms with E-state index in [2.05, 4.69) is 5.32 Å². The van der Waals surface area contributed by atoms with Gasteiger partial charge in [0.1, 0.15) is 5.76 Å². The Labute approximate surface area is 84.1 Å². The Bertz CT molecular complexity index is 263. The van der Waals surface area contributed by atoms with Gasteiger partial charge in [-0.15, -0.1) is 0 Å². The fraction of sp³-hybridized carbons (Fsp3) is 0.636. The van der Waals surface area contributed by atoms with Gasteiger partial charge in [0.15, 0.2) is 0 Å². The van der Waals surface area contributed by atoms with Crippen molar-refractivity contribution in [3.63, 3.8) is 0 Å². The second-order valence-corrected chi connectivity index (χ2v) is 4.11. The van der Waals surface area contributed by atoms with Gasteiger partial charge >= 0.3 is 0 Å². The lowest BCUT2D eigenvalue weighted by Crippen LogP contribution is -2.37. The van der Waals surface area contributed by atoms with Gasteiger partial charge in [-0.3, -0.25) is 0 Å². The quantitative estimate of drug-likeness (QED) is 0.768. The first-order valence-corrected chi connectivity index (χ1v) is 5.24. The van der Waals surface area contributed by atoms with Crippen LogP contribution in [0, 0.1) is 0 Å². The van der Waals surface area contributed by atoms with Crippen LogP contribution >= 0.6 is 0 Å². The monoisotopic (exact) mass is 195 g/mol. The SMILES string of the molecule is OC1(CNCc2ccco2)CCCC1. The molecule has 2 N–H and O–H groups in total. The maximum Gasteiger partial charge on any atom is 0.117 e. The fourth-order valence-corrected chi connectivity index (χ4v) is 2.04. The molecule has 0 bridgehead atoms. The maximum absolute atomic E-state index is 10.0. The third-order valence-electron chi connectivity index (χ3n) is 2.87. The summed E-state index contributed by atoms with van der Waals surface area (Å²) in [6.07, 6.45) is 5.83. The van der Waals surface area contributed by atoms with Crippen molar-refractivity contribution in [3.8, 4) is 0 Å². The van der Waals surface area contributed by atoms with Crippen molar-refractivity contribution >= 4 is 0 Å². The molecule has 3 nitrogen and oxygen atoms in total. The Kier molecular flexibility index (Phi) is 2.89. The minimum atomic E-state index is -0.466. The highest BCUT2D eigenvalue weighted by atomic mass is 16.3. The van der Waals surface area contributed by atoms with Crippen LogP contribution in [-0.2, 0) is 6.54 Å². The molecule has 0 unspecified atom stereocenters. The van der Waals surface area contributed by atoms with Crippen molar-refractivity contribution < 1.29 is 9.52 Å². The zero-order valence-electron chi connectivity index (χ0n) is 8.33. The van der Waals surface area contributed by atoms with E-state index in [0.717, 1.165) is 31.4 Å². The Morgan fingerprint density at radius 1 is 1.43 bits per heavy atom. The minimum absolute atomic E-state index is 0.466. The molecule has 0 amide bonds. The number of nitrogens with one attached hydrogen (secondary N) is 1. The van der Waals surface area contributed by atoms with Crippen LogP contribution in [0.3, 0.4) is 0 Å². The summed E-state index contributed by atoms with van der Waals surface area (Å²) in [5.74, 6) is 0.923. The van der Waals surface area contributed by atoms with Crippen molar-refractivity contribution in [2.75, 3.05) is 6.54 Å². The molecule has 1 heterocycles. The molecule has 0 saturated heterocycles. The van der Waals surface area contributed by atoms with E-state index in [9.17, 15) is 5.11 Å². The second-order valence-electron chi connectivity index (χ2n) is 4.11. The molecule has 2 rings (SSSR count). The van der Waals surface area contributed by atoms with Crippen LogP contribution in [0.15, 0.2) is 22.8 Å². The molecule has 1 fully saturated rings. The van der Waals surface area contributed by atoms with Gasteiger partial charge in [0.25, 0.3) is 0 Å². The van der Waals surface area contributed by atoms with Crippen molar-refractivity contribution in [2.24, 2.45) is 0 Å². The van der Waals surface area contributed by atoms with Crippen LogP contribution in [0.2, 0.25) is 0 Å². The molecule has 1 aliphatic carbocycles. The highest BCUT2D eigenvalue weighted by Gasteiger charge is 2.30. The number of furan rings is 1. The predicted octanol–water partition coefficient (Wildman–Crippen LogP) is 1.67. The van der Waals surface area contributed by atoms with Crippen LogP contribution in [0.1, 0.15) is 31.4 Å². The summed E-state index contributed by atoms with van der Waals surface area (Å²) in [6.45, 7) is 1.38. The van der Waals surface area contributed by atoms with E-state index in [0.29, 0.717) is 13.1 Å². The molecule has 0 aliphatic heterocycles. The first-order valence-electron chi connectivity index (χ1n) is 5.24. The standard InChI is InChI=1S/C11H17NO2/c13-11(5-1-2-6-11)9-12-8-10-4-3-7-14-10/h3-4,7,12-13H,1-2,5-6,8-9H2. The molecule has 0 radical (unpaired) electrons. The summed E-state index contributed by atoms with van der Waals surface area (Å²) < 4.78 is 5.19. The number of hydrogen-bond acceptors (Lipinski definition) is 3. The van der Waals surface area contributed by atoms with Crippen molar-refractivity contribution in [1.29, 1.82) is 0 Å². The van der Waals surface area contributed by atoms with Crippen LogP contribution in [0.5, 0.6) is 0 Å². The number of aliphatic hydroxyl groups is 1. The Balaban J connectivity index is 1.72. The highest BCUT2D eigenvalue weighted by molar-refractivity contribution is 4.98. The van der Waals surface area contributed by atoms with E-state index in [4.69, 9.17) is 4.42 Å². The summed E-state index contributed by atoms with van der Waals surface area (Å²) in [4.78, 5) is 0. The van der Waals surface area contributed by atoms with Crippen molar-refractivity contribution in [2.45, 2.75) is 37.8 Å². The second kappa shape index (κ2) is 4.15. The van der Waals surface area contributed by atoms with Gasteiger partial charge in [-0.05, 0) is 25.0 Å². The average molecular weight is 195 g/mol. The molecular weight excluding hydrogens is 178 g/mol. The molecule has 1 saturated carbocycles. The summed E-state index contributed by atoms with van der Waals surface area (Å²) in [5, 5.41) is 13.3. The summed E-state index contributed by atoms with van der Waals surface area (Å²) in [7, 11) is 0. The molecule has 0 spiro atoms. The first kappa shape index (κ1) is 9.74. The topological polar surface area (TPSA) is 45.4 Å². The van der Waals surface area contributed by atoms with E-state index >= 15 is 0 Å². The lowest BCUT2D eigenvalue weighted by Gasteiger charge is -2.21. The molecule has 1 aliphatic rings. The fourth-order valence-electron chi connectivity index (χ4n) is 2.04. The third-order valence-corrected chi connectivity index (χ3v) is 2.87. The molecule has 3 heteroatoms. The largest absolute Gasteiger partial charge is 0.468 e. The van der Waals surface area contributed by atoms with E-state index in [1.807, 2.05) is 12.1 Å². The van der Waals surface area contributed by atoms with Gasteiger partial charge in [0.2, 0.25) is 0 Å². The van der Waals surface area contributed by atoms with Gasteiger partial charge < -0.3 is 14.8 Å². The normalized spacial score (nSPS) is 20.1. The van der Waals surface area contributed by atoms with E-state index in [1.165, 1.54) is 0 Å². The van der Waals surface area contributed by atoms with Gasteiger partial charge in [-0.1, -0.05) is 12.8 Å². The van der Waals surface area contributed by atoms with Gasteiger partial charge in [-0.25, -0.2) is 0 Å². The lowest BCUT2D eigenvalue weighted by atomic mass is 10.0. The molecule has 0 atom stereocenters. The summed E-state index contributed by atoms with van der Waals surface area (Å²) in [5.41, 5.74) is -0.466. The van der Waals surface area contributed by atoms with Crippen LogP contribution < -0.4 is 5.32 Å². The zero-order chi connectivity index (χ0) is 9.86. The highest BCUT2D eigenvalue weighted by Crippen LogP contribution is 2.28. The van der Waals surface area contributed by atoms with Gasteiger partial charge in [0, 0.05) is 6.54 Å². The number of rotatable bonds is 4. The van der Waals surface area contributed by atoms with Crippen LogP contribution in [-0.4, -0.2) is 17.3 Å². The average Bonchev–Trinajstić information content (AvgIpc) is 2.77. The maximum atomic E-state index is 10.0. The third kappa shape index (κ3) is 2.36. The zero-order valence-corrected chi connectivity index (χ0v) is 8.33. The predicted molar refractivity (Wildman–Crippen MR) is 53.8 cm³/mol. The minimum Gasteiger partial charge on any atom is -0.468 e. The Morgan fingerprint density at radius 3 is 2.86 bits per heavy atom. The van der Waals surface area contributed by atoms with Crippen LogP contribution in [0.25, 0.3) is 0 Å².